The van der Waals surface area contributed by atoms with Crippen LogP contribution in [0.15, 0.2) is 22.7 Å². The minimum atomic E-state index is -0.217. The second-order valence-corrected chi connectivity index (χ2v) is 8.15. The van der Waals surface area contributed by atoms with Crippen LogP contribution >= 0.6 is 15.9 Å². The van der Waals surface area contributed by atoms with E-state index >= 15 is 0 Å². The van der Waals surface area contributed by atoms with E-state index in [9.17, 15) is 4.79 Å². The predicted octanol–water partition coefficient (Wildman–Crippen LogP) is 5.29. The average Bonchev–Trinajstić information content (AvgIpc) is 2.93. The average molecular weight is 349 g/mol. The lowest BCUT2D eigenvalue weighted by molar-refractivity contribution is -0.0199. The van der Waals surface area contributed by atoms with E-state index in [1.54, 1.807) is 0 Å². The Morgan fingerprint density at radius 2 is 1.71 bits per heavy atom. The van der Waals surface area contributed by atoms with Gasteiger partial charge in [0.2, 0.25) is 0 Å². The Bertz CT molecular complexity index is 577. The summed E-state index contributed by atoms with van der Waals surface area (Å²) in [5.41, 5.74) is 1.11. The first kappa shape index (κ1) is 13.8. The fourth-order valence-corrected chi connectivity index (χ4v) is 4.97. The SMILES string of the molecule is O=C1CC2(CCC3(CCCC3)CC2)Oc2ccc(Br)cc21. The smallest absolute Gasteiger partial charge is 0.170 e. The van der Waals surface area contributed by atoms with Crippen molar-refractivity contribution in [2.45, 2.75) is 63.4 Å². The van der Waals surface area contributed by atoms with Crippen LogP contribution in [0.3, 0.4) is 0 Å². The Balaban J connectivity index is 1.58. The lowest BCUT2D eigenvalue weighted by Gasteiger charge is -2.46. The third-order valence-corrected chi connectivity index (χ3v) is 6.43. The first-order chi connectivity index (χ1) is 10.1. The Kier molecular flexibility index (Phi) is 3.18. The summed E-state index contributed by atoms with van der Waals surface area (Å²) < 4.78 is 7.29. The van der Waals surface area contributed by atoms with E-state index < -0.39 is 0 Å². The Morgan fingerprint density at radius 1 is 1.00 bits per heavy atom. The van der Waals surface area contributed by atoms with Crippen LogP contribution in [0.5, 0.6) is 5.75 Å². The summed E-state index contributed by atoms with van der Waals surface area (Å²) in [7, 11) is 0. The number of ketones is 1. The molecule has 2 aliphatic carbocycles. The van der Waals surface area contributed by atoms with Crippen molar-refractivity contribution in [1.29, 1.82) is 0 Å². The number of Topliss-reactive ketones (excluding diaryl/α,β-unsaturated/α-hetero) is 1. The van der Waals surface area contributed by atoms with E-state index in [2.05, 4.69) is 15.9 Å². The fraction of sp³-hybridized carbons (Fsp3) is 0.611. The summed E-state index contributed by atoms with van der Waals surface area (Å²) in [6, 6.07) is 5.80. The molecule has 3 heteroatoms. The summed E-state index contributed by atoms with van der Waals surface area (Å²) in [6.45, 7) is 0. The number of rotatable bonds is 0. The normalized spacial score (nSPS) is 25.9. The lowest BCUT2D eigenvalue weighted by atomic mass is 9.66. The molecule has 0 radical (unpaired) electrons. The molecule has 1 aliphatic heterocycles. The van der Waals surface area contributed by atoms with Crippen LogP contribution in [0.25, 0.3) is 0 Å². The van der Waals surface area contributed by atoms with Gasteiger partial charge in [0.15, 0.2) is 5.78 Å². The van der Waals surface area contributed by atoms with Crippen LogP contribution in [0.4, 0.5) is 0 Å². The zero-order valence-corrected chi connectivity index (χ0v) is 13.9. The number of ether oxygens (including phenoxy) is 1. The fourth-order valence-electron chi connectivity index (χ4n) is 4.61. The van der Waals surface area contributed by atoms with Crippen molar-refractivity contribution in [3.8, 4) is 5.75 Å². The van der Waals surface area contributed by atoms with E-state index in [0.29, 0.717) is 11.8 Å². The molecule has 1 aromatic rings. The first-order valence-electron chi connectivity index (χ1n) is 8.12. The minimum Gasteiger partial charge on any atom is -0.486 e. The third kappa shape index (κ3) is 2.34. The number of halogens is 1. The summed E-state index contributed by atoms with van der Waals surface area (Å²) in [5.74, 6) is 1.04. The van der Waals surface area contributed by atoms with E-state index in [-0.39, 0.29) is 11.4 Å². The summed E-state index contributed by atoms with van der Waals surface area (Å²) >= 11 is 3.44. The largest absolute Gasteiger partial charge is 0.486 e. The molecule has 0 aromatic heterocycles. The van der Waals surface area contributed by atoms with Crippen LogP contribution in [0, 0.1) is 5.41 Å². The van der Waals surface area contributed by atoms with Crippen molar-refractivity contribution in [2.24, 2.45) is 5.41 Å². The number of hydrogen-bond donors (Lipinski definition) is 0. The number of benzene rings is 1. The molecule has 3 aliphatic rings. The summed E-state index contributed by atoms with van der Waals surface area (Å²) in [5, 5.41) is 0. The second-order valence-electron chi connectivity index (χ2n) is 7.23. The minimum absolute atomic E-state index is 0.217. The number of fused-ring (bicyclic) bond motifs is 1. The van der Waals surface area contributed by atoms with E-state index in [1.807, 2.05) is 18.2 Å². The third-order valence-electron chi connectivity index (χ3n) is 5.94. The highest BCUT2D eigenvalue weighted by Gasteiger charge is 2.48. The van der Waals surface area contributed by atoms with E-state index in [4.69, 9.17) is 4.74 Å². The maximum absolute atomic E-state index is 12.5. The quantitative estimate of drug-likeness (QED) is 0.636. The molecule has 0 amide bonds. The van der Waals surface area contributed by atoms with Crippen LogP contribution in [0.1, 0.15) is 68.1 Å². The van der Waals surface area contributed by atoms with Gasteiger partial charge in [0.05, 0.1) is 12.0 Å². The first-order valence-corrected chi connectivity index (χ1v) is 8.91. The Hall–Kier alpha value is -0.830. The molecule has 1 aromatic carbocycles. The molecule has 112 valence electrons. The van der Waals surface area contributed by atoms with Gasteiger partial charge in [-0.15, -0.1) is 0 Å². The van der Waals surface area contributed by atoms with Crippen molar-refractivity contribution < 1.29 is 9.53 Å². The van der Waals surface area contributed by atoms with Gasteiger partial charge in [-0.05, 0) is 62.1 Å². The van der Waals surface area contributed by atoms with Gasteiger partial charge in [-0.2, -0.15) is 0 Å². The van der Waals surface area contributed by atoms with Gasteiger partial charge in [-0.3, -0.25) is 4.79 Å². The van der Waals surface area contributed by atoms with Crippen LogP contribution in [-0.2, 0) is 0 Å². The molecule has 21 heavy (non-hydrogen) atoms. The highest BCUT2D eigenvalue weighted by Crippen LogP contribution is 2.54. The zero-order chi connectivity index (χ0) is 14.5. The summed E-state index contributed by atoms with van der Waals surface area (Å²) in [6.07, 6.45) is 10.7. The van der Waals surface area contributed by atoms with E-state index in [0.717, 1.165) is 28.6 Å². The lowest BCUT2D eigenvalue weighted by Crippen LogP contribution is -2.46. The molecular formula is C18H21BrO2. The molecule has 0 atom stereocenters. The number of carbonyl (C=O) groups is 1. The molecule has 0 bridgehead atoms. The molecule has 1 heterocycles. The van der Waals surface area contributed by atoms with Gasteiger partial charge in [-0.25, -0.2) is 0 Å². The molecule has 0 unspecified atom stereocenters. The predicted molar refractivity (Wildman–Crippen MR) is 85.8 cm³/mol. The monoisotopic (exact) mass is 348 g/mol. The van der Waals surface area contributed by atoms with Crippen molar-refractivity contribution in [2.75, 3.05) is 0 Å². The Labute approximate surface area is 134 Å². The summed E-state index contributed by atoms with van der Waals surface area (Å²) in [4.78, 5) is 12.5. The van der Waals surface area contributed by atoms with Gasteiger partial charge >= 0.3 is 0 Å². The molecule has 4 rings (SSSR count). The van der Waals surface area contributed by atoms with Gasteiger partial charge in [0, 0.05) is 4.47 Å². The van der Waals surface area contributed by atoms with Crippen molar-refractivity contribution in [3.63, 3.8) is 0 Å². The van der Waals surface area contributed by atoms with Gasteiger partial charge < -0.3 is 4.74 Å². The second kappa shape index (κ2) is 4.84. The van der Waals surface area contributed by atoms with Crippen molar-refractivity contribution in [3.05, 3.63) is 28.2 Å². The number of hydrogen-bond acceptors (Lipinski definition) is 2. The zero-order valence-electron chi connectivity index (χ0n) is 12.3. The van der Waals surface area contributed by atoms with E-state index in [1.165, 1.54) is 38.5 Å². The molecule has 0 N–H and O–H groups in total. The van der Waals surface area contributed by atoms with Gasteiger partial charge in [0.1, 0.15) is 11.4 Å². The van der Waals surface area contributed by atoms with Gasteiger partial charge in [-0.1, -0.05) is 28.8 Å². The van der Waals surface area contributed by atoms with Crippen molar-refractivity contribution in [1.82, 2.24) is 0 Å². The molecule has 0 saturated heterocycles. The standard InChI is InChI=1S/C18H21BrO2/c19-13-3-4-16-14(11-13)15(20)12-18(21-16)9-7-17(8-10-18)5-1-2-6-17/h3-4,11H,1-2,5-10,12H2. The van der Waals surface area contributed by atoms with Crippen LogP contribution < -0.4 is 4.74 Å². The van der Waals surface area contributed by atoms with Gasteiger partial charge in [0.25, 0.3) is 0 Å². The topological polar surface area (TPSA) is 26.3 Å². The van der Waals surface area contributed by atoms with Crippen LogP contribution in [-0.4, -0.2) is 11.4 Å². The molecular weight excluding hydrogens is 328 g/mol. The highest BCUT2D eigenvalue weighted by molar-refractivity contribution is 9.10. The van der Waals surface area contributed by atoms with Crippen molar-refractivity contribution >= 4 is 21.7 Å². The molecule has 2 fully saturated rings. The maximum Gasteiger partial charge on any atom is 0.170 e. The number of carbonyl (C=O) groups excluding carboxylic acids is 1. The molecule has 2 nitrogen and oxygen atoms in total. The molecule has 2 saturated carbocycles. The highest BCUT2D eigenvalue weighted by atomic mass is 79.9. The Morgan fingerprint density at radius 3 is 2.43 bits per heavy atom. The maximum atomic E-state index is 12.5. The molecule has 2 spiro atoms. The van der Waals surface area contributed by atoms with Crippen LogP contribution in [0.2, 0.25) is 0 Å².